The molecule has 100 valence electrons. The van der Waals surface area contributed by atoms with Gasteiger partial charge in [-0.1, -0.05) is 12.1 Å². The summed E-state index contributed by atoms with van der Waals surface area (Å²) >= 11 is 0. The van der Waals surface area contributed by atoms with Gasteiger partial charge in [-0.05, 0) is 24.7 Å². The molecule has 1 unspecified atom stereocenters. The summed E-state index contributed by atoms with van der Waals surface area (Å²) in [5.41, 5.74) is 7.16. The van der Waals surface area contributed by atoms with Gasteiger partial charge in [0.2, 0.25) is 0 Å². The van der Waals surface area contributed by atoms with E-state index in [0.29, 0.717) is 12.6 Å². The number of nitrogens with two attached hydrogens (primary N) is 1. The monoisotopic (exact) mass is 249 g/mol. The first-order chi connectivity index (χ1) is 8.72. The first-order valence-electron chi connectivity index (χ1n) is 6.48. The van der Waals surface area contributed by atoms with E-state index in [4.69, 9.17) is 10.5 Å². The number of benzene rings is 1. The standard InChI is InChI=1S/C14H23N3O/c1-16-6-7-17(13(9-15)11-16)10-12-4-3-5-14(8-12)18-2/h3-5,8,13H,6-7,9-11,15H2,1-2H3. The van der Waals surface area contributed by atoms with E-state index < -0.39 is 0 Å². The predicted molar refractivity (Wildman–Crippen MR) is 73.7 cm³/mol. The fourth-order valence-electron chi connectivity index (χ4n) is 2.49. The number of piperazine rings is 1. The molecule has 0 amide bonds. The molecule has 0 aliphatic carbocycles. The largest absolute Gasteiger partial charge is 0.497 e. The minimum atomic E-state index is 0.454. The first-order valence-corrected chi connectivity index (χ1v) is 6.48. The third-order valence-electron chi connectivity index (χ3n) is 3.60. The van der Waals surface area contributed by atoms with Crippen molar-refractivity contribution in [1.29, 1.82) is 0 Å². The van der Waals surface area contributed by atoms with Crippen LogP contribution in [0.1, 0.15) is 5.56 Å². The van der Waals surface area contributed by atoms with Crippen molar-refractivity contribution in [2.75, 3.05) is 40.3 Å². The molecule has 2 rings (SSSR count). The minimum Gasteiger partial charge on any atom is -0.497 e. The molecule has 18 heavy (non-hydrogen) atoms. The van der Waals surface area contributed by atoms with Crippen molar-refractivity contribution >= 4 is 0 Å². The normalized spacial score (nSPS) is 22.1. The molecule has 4 heteroatoms. The molecular weight excluding hydrogens is 226 g/mol. The Bertz CT molecular complexity index is 383. The molecule has 0 bridgehead atoms. The van der Waals surface area contributed by atoms with Gasteiger partial charge in [-0.25, -0.2) is 0 Å². The Balaban J connectivity index is 2.02. The Kier molecular flexibility index (Phi) is 4.58. The molecule has 1 aliphatic heterocycles. The van der Waals surface area contributed by atoms with Gasteiger partial charge in [-0.2, -0.15) is 0 Å². The minimum absolute atomic E-state index is 0.454. The number of hydrogen-bond donors (Lipinski definition) is 1. The number of rotatable bonds is 4. The SMILES string of the molecule is COc1cccc(CN2CCN(C)CC2CN)c1. The maximum Gasteiger partial charge on any atom is 0.119 e. The van der Waals surface area contributed by atoms with Crippen LogP contribution >= 0.6 is 0 Å². The van der Waals surface area contributed by atoms with Crippen molar-refractivity contribution in [3.63, 3.8) is 0 Å². The molecule has 1 aliphatic rings. The van der Waals surface area contributed by atoms with Crippen molar-refractivity contribution in [3.05, 3.63) is 29.8 Å². The Morgan fingerprint density at radius 1 is 1.39 bits per heavy atom. The van der Waals surface area contributed by atoms with Crippen LogP contribution in [0.5, 0.6) is 5.75 Å². The van der Waals surface area contributed by atoms with Gasteiger partial charge in [0.1, 0.15) is 5.75 Å². The maximum atomic E-state index is 5.87. The summed E-state index contributed by atoms with van der Waals surface area (Å²) in [5.74, 6) is 0.922. The van der Waals surface area contributed by atoms with E-state index in [1.54, 1.807) is 7.11 Å². The van der Waals surface area contributed by atoms with Crippen LogP contribution in [0.4, 0.5) is 0 Å². The van der Waals surface area contributed by atoms with E-state index in [1.165, 1.54) is 5.56 Å². The molecular formula is C14H23N3O. The lowest BCUT2D eigenvalue weighted by Gasteiger charge is -2.39. The van der Waals surface area contributed by atoms with Gasteiger partial charge < -0.3 is 15.4 Å². The van der Waals surface area contributed by atoms with Crippen molar-refractivity contribution in [3.8, 4) is 5.75 Å². The Hall–Kier alpha value is -1.10. The first kappa shape index (κ1) is 13.3. The molecule has 0 spiro atoms. The van der Waals surface area contributed by atoms with Gasteiger partial charge in [0.15, 0.2) is 0 Å². The molecule has 1 heterocycles. The lowest BCUT2D eigenvalue weighted by molar-refractivity contribution is 0.0880. The van der Waals surface area contributed by atoms with E-state index in [-0.39, 0.29) is 0 Å². The Morgan fingerprint density at radius 3 is 2.94 bits per heavy atom. The van der Waals surface area contributed by atoms with E-state index in [0.717, 1.165) is 31.9 Å². The van der Waals surface area contributed by atoms with E-state index >= 15 is 0 Å². The summed E-state index contributed by atoms with van der Waals surface area (Å²) in [6.45, 7) is 4.91. The number of ether oxygens (including phenoxy) is 1. The zero-order valence-corrected chi connectivity index (χ0v) is 11.3. The Morgan fingerprint density at radius 2 is 2.22 bits per heavy atom. The highest BCUT2D eigenvalue weighted by Crippen LogP contribution is 2.17. The Labute approximate surface area is 109 Å². The second kappa shape index (κ2) is 6.18. The molecule has 2 N–H and O–H groups in total. The van der Waals surface area contributed by atoms with Gasteiger partial charge in [-0.3, -0.25) is 4.90 Å². The van der Waals surface area contributed by atoms with Crippen molar-refractivity contribution in [2.24, 2.45) is 5.73 Å². The lowest BCUT2D eigenvalue weighted by atomic mass is 10.1. The molecule has 1 fully saturated rings. The van der Waals surface area contributed by atoms with Crippen LogP contribution in [0.3, 0.4) is 0 Å². The van der Waals surface area contributed by atoms with Crippen molar-refractivity contribution < 1.29 is 4.74 Å². The third-order valence-corrected chi connectivity index (χ3v) is 3.60. The van der Waals surface area contributed by atoms with Gasteiger partial charge >= 0.3 is 0 Å². The topological polar surface area (TPSA) is 41.7 Å². The zero-order chi connectivity index (χ0) is 13.0. The molecule has 4 nitrogen and oxygen atoms in total. The highest BCUT2D eigenvalue weighted by atomic mass is 16.5. The van der Waals surface area contributed by atoms with Gasteiger partial charge in [-0.15, -0.1) is 0 Å². The highest BCUT2D eigenvalue weighted by molar-refractivity contribution is 5.28. The summed E-state index contributed by atoms with van der Waals surface area (Å²) in [4.78, 5) is 4.81. The number of nitrogens with zero attached hydrogens (tertiary/aromatic N) is 2. The summed E-state index contributed by atoms with van der Waals surface area (Å²) < 4.78 is 5.26. The average molecular weight is 249 g/mol. The summed E-state index contributed by atoms with van der Waals surface area (Å²) in [6.07, 6.45) is 0. The second-order valence-corrected chi connectivity index (χ2v) is 4.97. The number of hydrogen-bond acceptors (Lipinski definition) is 4. The van der Waals surface area contributed by atoms with Crippen LogP contribution in [0.15, 0.2) is 24.3 Å². The summed E-state index contributed by atoms with van der Waals surface area (Å²) in [5, 5.41) is 0. The van der Waals surface area contributed by atoms with Crippen LogP contribution < -0.4 is 10.5 Å². The summed E-state index contributed by atoms with van der Waals surface area (Å²) in [6, 6.07) is 8.73. The van der Waals surface area contributed by atoms with Crippen LogP contribution in [-0.4, -0.2) is 56.2 Å². The van der Waals surface area contributed by atoms with E-state index in [9.17, 15) is 0 Å². The molecule has 1 saturated heterocycles. The van der Waals surface area contributed by atoms with Crippen LogP contribution in [0, 0.1) is 0 Å². The van der Waals surface area contributed by atoms with E-state index in [2.05, 4.69) is 29.0 Å². The van der Waals surface area contributed by atoms with Crippen LogP contribution in [-0.2, 0) is 6.54 Å². The quantitative estimate of drug-likeness (QED) is 0.856. The maximum absolute atomic E-state index is 5.87. The summed E-state index contributed by atoms with van der Waals surface area (Å²) in [7, 11) is 3.86. The zero-order valence-electron chi connectivity index (χ0n) is 11.3. The number of likely N-dealkylation sites (N-methyl/N-ethyl adjacent to an activating group) is 1. The fraction of sp³-hybridized carbons (Fsp3) is 0.571. The van der Waals surface area contributed by atoms with Gasteiger partial charge in [0.25, 0.3) is 0 Å². The van der Waals surface area contributed by atoms with E-state index in [1.807, 2.05) is 12.1 Å². The predicted octanol–water partition coefficient (Wildman–Crippen LogP) is 0.770. The van der Waals surface area contributed by atoms with Crippen LogP contribution in [0.2, 0.25) is 0 Å². The van der Waals surface area contributed by atoms with Crippen molar-refractivity contribution in [1.82, 2.24) is 9.80 Å². The highest BCUT2D eigenvalue weighted by Gasteiger charge is 2.23. The second-order valence-electron chi connectivity index (χ2n) is 4.97. The molecule has 0 radical (unpaired) electrons. The molecule has 1 aromatic rings. The van der Waals surface area contributed by atoms with Crippen molar-refractivity contribution in [2.45, 2.75) is 12.6 Å². The van der Waals surface area contributed by atoms with Gasteiger partial charge in [0, 0.05) is 38.8 Å². The lowest BCUT2D eigenvalue weighted by Crippen LogP contribution is -2.54. The fourth-order valence-corrected chi connectivity index (χ4v) is 2.49. The number of methoxy groups -OCH3 is 1. The molecule has 1 atom stereocenters. The average Bonchev–Trinajstić information content (AvgIpc) is 2.41. The molecule has 0 saturated carbocycles. The smallest absolute Gasteiger partial charge is 0.119 e. The molecule has 1 aromatic carbocycles. The van der Waals surface area contributed by atoms with Gasteiger partial charge in [0.05, 0.1) is 7.11 Å². The van der Waals surface area contributed by atoms with Crippen LogP contribution in [0.25, 0.3) is 0 Å². The third kappa shape index (κ3) is 3.22. The molecule has 0 aromatic heterocycles.